The fraction of sp³-hybridized carbons (Fsp3) is 0.278. The minimum absolute atomic E-state index is 0.0413. The Bertz CT molecular complexity index is 1030. The van der Waals surface area contributed by atoms with Gasteiger partial charge in [-0.05, 0) is 31.0 Å². The molecular formula is C18H15ClO7. The van der Waals surface area contributed by atoms with Crippen LogP contribution in [0.15, 0.2) is 32.7 Å². The Morgan fingerprint density at radius 1 is 1.19 bits per heavy atom. The van der Waals surface area contributed by atoms with E-state index in [0.29, 0.717) is 11.0 Å². The molecular weight excluding hydrogens is 364 g/mol. The Kier molecular flexibility index (Phi) is 4.50. The molecule has 1 atom stereocenters. The summed E-state index contributed by atoms with van der Waals surface area (Å²) in [6.07, 6.45) is -1.38. The molecule has 0 bridgehead atoms. The third-order valence-electron chi connectivity index (χ3n) is 4.10. The number of aryl methyl sites for hydroxylation is 2. The van der Waals surface area contributed by atoms with Crippen molar-refractivity contribution in [1.82, 2.24) is 0 Å². The Labute approximate surface area is 153 Å². The zero-order valence-electron chi connectivity index (χ0n) is 14.5. The molecule has 1 aliphatic rings. The zero-order valence-corrected chi connectivity index (χ0v) is 15.2. The van der Waals surface area contributed by atoms with Crippen LogP contribution in [-0.4, -0.2) is 26.2 Å². The van der Waals surface area contributed by atoms with Crippen LogP contribution in [0.5, 0.6) is 0 Å². The van der Waals surface area contributed by atoms with Gasteiger partial charge in [-0.2, -0.15) is 0 Å². The van der Waals surface area contributed by atoms with E-state index in [2.05, 4.69) is 4.74 Å². The number of cyclic esters (lactones) is 1. The van der Waals surface area contributed by atoms with Gasteiger partial charge in [0.1, 0.15) is 16.7 Å². The van der Waals surface area contributed by atoms with Gasteiger partial charge >= 0.3 is 17.6 Å². The summed E-state index contributed by atoms with van der Waals surface area (Å²) in [6, 6.07) is 3.59. The van der Waals surface area contributed by atoms with Gasteiger partial charge in [0, 0.05) is 5.39 Å². The van der Waals surface area contributed by atoms with Crippen molar-refractivity contribution in [2.75, 3.05) is 14.2 Å². The summed E-state index contributed by atoms with van der Waals surface area (Å²) in [6.45, 7) is 3.65. The Hall–Kier alpha value is -2.80. The molecule has 0 amide bonds. The standard InChI is InChI=1S/C18H15ClO7/c1-7-5-8(2)13-9(6-7)12(19)10(17(21)25-13)14-11(16(20)24-4)15(23-3)18(22)26-14/h5-6,14H,1-4H3. The first-order chi connectivity index (χ1) is 12.3. The summed E-state index contributed by atoms with van der Waals surface area (Å²) in [5.74, 6) is -2.10. The maximum Gasteiger partial charge on any atom is 0.375 e. The van der Waals surface area contributed by atoms with E-state index in [1.165, 1.54) is 7.11 Å². The second-order valence-electron chi connectivity index (χ2n) is 5.80. The molecule has 0 spiro atoms. The van der Waals surface area contributed by atoms with Crippen LogP contribution in [0.4, 0.5) is 0 Å². The fourth-order valence-electron chi connectivity index (χ4n) is 3.01. The highest BCUT2D eigenvalue weighted by Gasteiger charge is 2.44. The first kappa shape index (κ1) is 18.0. The first-order valence-electron chi connectivity index (χ1n) is 7.61. The summed E-state index contributed by atoms with van der Waals surface area (Å²) in [5, 5.41) is 0.518. The number of hydrogen-bond donors (Lipinski definition) is 0. The Morgan fingerprint density at radius 2 is 1.88 bits per heavy atom. The fourth-order valence-corrected chi connectivity index (χ4v) is 3.33. The molecule has 2 heterocycles. The third-order valence-corrected chi connectivity index (χ3v) is 4.50. The van der Waals surface area contributed by atoms with E-state index in [4.69, 9.17) is 25.5 Å². The van der Waals surface area contributed by atoms with Crippen LogP contribution in [0, 0.1) is 13.8 Å². The second kappa shape index (κ2) is 6.49. The smallest absolute Gasteiger partial charge is 0.375 e. The van der Waals surface area contributed by atoms with Crippen molar-refractivity contribution in [2.45, 2.75) is 20.0 Å². The summed E-state index contributed by atoms with van der Waals surface area (Å²) < 4.78 is 20.2. The first-order valence-corrected chi connectivity index (χ1v) is 7.98. The summed E-state index contributed by atoms with van der Waals surface area (Å²) in [4.78, 5) is 36.7. The number of rotatable bonds is 3. The minimum Gasteiger partial charge on any atom is -0.489 e. The number of benzene rings is 1. The molecule has 0 radical (unpaired) electrons. The van der Waals surface area contributed by atoms with E-state index in [0.717, 1.165) is 18.2 Å². The highest BCUT2D eigenvalue weighted by Crippen LogP contribution is 2.40. The van der Waals surface area contributed by atoms with Gasteiger partial charge in [-0.15, -0.1) is 0 Å². The largest absolute Gasteiger partial charge is 0.489 e. The van der Waals surface area contributed by atoms with Gasteiger partial charge < -0.3 is 18.6 Å². The van der Waals surface area contributed by atoms with E-state index in [-0.39, 0.29) is 21.9 Å². The van der Waals surface area contributed by atoms with Gasteiger partial charge in [-0.1, -0.05) is 17.7 Å². The number of carbonyl (C=O) groups excluding carboxylic acids is 2. The van der Waals surface area contributed by atoms with Crippen LogP contribution in [-0.2, 0) is 23.8 Å². The molecule has 7 nitrogen and oxygen atoms in total. The van der Waals surface area contributed by atoms with E-state index in [1.807, 2.05) is 13.0 Å². The molecule has 136 valence electrons. The van der Waals surface area contributed by atoms with Crippen LogP contribution in [0.25, 0.3) is 11.0 Å². The Balaban J connectivity index is 2.32. The van der Waals surface area contributed by atoms with Crippen LogP contribution < -0.4 is 5.63 Å². The van der Waals surface area contributed by atoms with Gasteiger partial charge in [-0.25, -0.2) is 14.4 Å². The third kappa shape index (κ3) is 2.64. The molecule has 1 aromatic heterocycles. The van der Waals surface area contributed by atoms with Crippen molar-refractivity contribution in [3.63, 3.8) is 0 Å². The van der Waals surface area contributed by atoms with Crippen molar-refractivity contribution >= 4 is 34.5 Å². The molecule has 2 aromatic rings. The topological polar surface area (TPSA) is 92.0 Å². The molecule has 3 rings (SSSR count). The van der Waals surface area contributed by atoms with Crippen LogP contribution in [0.3, 0.4) is 0 Å². The van der Waals surface area contributed by atoms with Gasteiger partial charge in [-0.3, -0.25) is 0 Å². The minimum atomic E-state index is -1.38. The van der Waals surface area contributed by atoms with Gasteiger partial charge in [0.25, 0.3) is 0 Å². The molecule has 0 saturated carbocycles. The highest BCUT2D eigenvalue weighted by atomic mass is 35.5. The molecule has 0 fully saturated rings. The predicted octanol–water partition coefficient (Wildman–Crippen LogP) is 2.73. The average molecular weight is 379 g/mol. The normalized spacial score (nSPS) is 16.8. The summed E-state index contributed by atoms with van der Waals surface area (Å²) in [7, 11) is 2.35. The second-order valence-corrected chi connectivity index (χ2v) is 6.18. The predicted molar refractivity (Wildman–Crippen MR) is 91.9 cm³/mol. The summed E-state index contributed by atoms with van der Waals surface area (Å²) >= 11 is 6.46. The van der Waals surface area contributed by atoms with Crippen molar-refractivity contribution in [1.29, 1.82) is 0 Å². The number of esters is 2. The quantitative estimate of drug-likeness (QED) is 0.599. The molecule has 8 heteroatoms. The molecule has 0 N–H and O–H groups in total. The number of hydrogen-bond acceptors (Lipinski definition) is 7. The number of halogens is 1. The lowest BCUT2D eigenvalue weighted by atomic mass is 10.0. The zero-order chi connectivity index (χ0) is 19.2. The lowest BCUT2D eigenvalue weighted by molar-refractivity contribution is -0.143. The van der Waals surface area contributed by atoms with Crippen LogP contribution in [0.2, 0.25) is 5.02 Å². The van der Waals surface area contributed by atoms with Crippen LogP contribution >= 0.6 is 11.6 Å². The van der Waals surface area contributed by atoms with E-state index in [9.17, 15) is 14.4 Å². The summed E-state index contributed by atoms with van der Waals surface area (Å²) in [5.41, 5.74) is 0.750. The number of fused-ring (bicyclic) bond motifs is 1. The molecule has 0 aliphatic carbocycles. The van der Waals surface area contributed by atoms with E-state index in [1.54, 1.807) is 13.0 Å². The molecule has 1 aliphatic heterocycles. The maximum atomic E-state index is 12.6. The number of carbonyl (C=O) groups is 2. The average Bonchev–Trinajstić information content (AvgIpc) is 2.91. The lowest BCUT2D eigenvalue weighted by Gasteiger charge is -2.15. The maximum absolute atomic E-state index is 12.6. The highest BCUT2D eigenvalue weighted by molar-refractivity contribution is 6.36. The molecule has 26 heavy (non-hydrogen) atoms. The van der Waals surface area contributed by atoms with Crippen molar-refractivity contribution < 1.29 is 28.2 Å². The van der Waals surface area contributed by atoms with Crippen molar-refractivity contribution in [3.8, 4) is 0 Å². The van der Waals surface area contributed by atoms with E-state index < -0.39 is 23.7 Å². The van der Waals surface area contributed by atoms with Crippen molar-refractivity contribution in [3.05, 3.63) is 55.6 Å². The number of methoxy groups -OCH3 is 2. The van der Waals surface area contributed by atoms with Gasteiger partial charge in [0.15, 0.2) is 6.10 Å². The Morgan fingerprint density at radius 3 is 2.50 bits per heavy atom. The molecule has 0 saturated heterocycles. The van der Waals surface area contributed by atoms with E-state index >= 15 is 0 Å². The SMILES string of the molecule is COC(=O)C1=C(OC)C(=O)OC1c1c(Cl)c2cc(C)cc(C)c2oc1=O. The lowest BCUT2D eigenvalue weighted by Crippen LogP contribution is -2.20. The monoisotopic (exact) mass is 378 g/mol. The van der Waals surface area contributed by atoms with Crippen molar-refractivity contribution in [2.24, 2.45) is 0 Å². The number of ether oxygens (including phenoxy) is 3. The van der Waals surface area contributed by atoms with Gasteiger partial charge in [0.2, 0.25) is 5.76 Å². The molecule has 1 unspecified atom stereocenters. The van der Waals surface area contributed by atoms with Gasteiger partial charge in [0.05, 0.1) is 19.2 Å². The molecule has 1 aromatic carbocycles. The van der Waals surface area contributed by atoms with Crippen LogP contribution in [0.1, 0.15) is 22.8 Å².